The number of nitrogens with zero attached hydrogens (tertiary/aromatic N) is 1. The quantitative estimate of drug-likeness (QED) is 0.176. The number of unbranched alkanes of at least 4 members (excludes halogenated alkanes) is 11. The maximum atomic E-state index is 12.1. The lowest BCUT2D eigenvalue weighted by Gasteiger charge is -2.19. The van der Waals surface area contributed by atoms with Gasteiger partial charge in [0.05, 0.1) is 0 Å². The van der Waals surface area contributed by atoms with Crippen LogP contribution in [0.5, 0.6) is 0 Å². The molecule has 0 spiro atoms. The van der Waals surface area contributed by atoms with Crippen molar-refractivity contribution in [1.29, 1.82) is 0 Å². The average Bonchev–Trinajstić information content (AvgIpc) is 2.64. The molecule has 0 aliphatic rings. The van der Waals surface area contributed by atoms with Crippen molar-refractivity contribution in [1.82, 2.24) is 4.90 Å². The first-order valence-corrected chi connectivity index (χ1v) is 10.9. The minimum Gasteiger partial charge on any atom is -0.335 e. The Bertz CT molecular complexity index is 362. The van der Waals surface area contributed by atoms with Gasteiger partial charge in [0, 0.05) is 19.5 Å². The van der Waals surface area contributed by atoms with Gasteiger partial charge in [-0.3, -0.25) is 4.79 Å². The standard InChI is InChI=1S/C24H43NO/c1-4-7-8-9-10-11-12-13-14-15-16-17-18-19-20-21-24(26)25(22-5-2)23-6-3/h5-6,13-14H,2-4,7-12,15-23H2,1H3. The lowest BCUT2D eigenvalue weighted by Crippen LogP contribution is -2.30. The van der Waals surface area contributed by atoms with Crippen LogP contribution in [0.3, 0.4) is 0 Å². The molecule has 150 valence electrons. The third-order valence-corrected chi connectivity index (χ3v) is 4.70. The van der Waals surface area contributed by atoms with Gasteiger partial charge in [0.2, 0.25) is 5.91 Å². The molecule has 0 rings (SSSR count). The Morgan fingerprint density at radius 2 is 1.19 bits per heavy atom. The molecule has 2 nitrogen and oxygen atoms in total. The summed E-state index contributed by atoms with van der Waals surface area (Å²) < 4.78 is 0. The molecular formula is C24H43NO. The van der Waals surface area contributed by atoms with Crippen LogP contribution in [-0.4, -0.2) is 23.9 Å². The molecule has 0 aromatic carbocycles. The minimum absolute atomic E-state index is 0.224. The van der Waals surface area contributed by atoms with Gasteiger partial charge in [-0.05, 0) is 32.1 Å². The molecule has 0 fully saturated rings. The third kappa shape index (κ3) is 16.2. The molecule has 0 atom stereocenters. The van der Waals surface area contributed by atoms with Crippen LogP contribution in [0.1, 0.15) is 96.8 Å². The highest BCUT2D eigenvalue weighted by Gasteiger charge is 2.09. The molecule has 0 saturated carbocycles. The smallest absolute Gasteiger partial charge is 0.223 e. The Morgan fingerprint density at radius 1 is 0.731 bits per heavy atom. The second-order valence-electron chi connectivity index (χ2n) is 7.21. The first-order valence-electron chi connectivity index (χ1n) is 10.9. The van der Waals surface area contributed by atoms with Crippen LogP contribution in [0.4, 0.5) is 0 Å². The molecule has 0 aliphatic carbocycles. The van der Waals surface area contributed by atoms with Gasteiger partial charge in [0.1, 0.15) is 0 Å². The number of carbonyl (C=O) groups is 1. The lowest BCUT2D eigenvalue weighted by molar-refractivity contribution is -0.130. The van der Waals surface area contributed by atoms with Gasteiger partial charge < -0.3 is 4.90 Å². The molecule has 2 heteroatoms. The molecular weight excluding hydrogens is 318 g/mol. The molecule has 0 saturated heterocycles. The van der Waals surface area contributed by atoms with E-state index in [0.717, 1.165) is 12.8 Å². The molecule has 0 aromatic heterocycles. The Balaban J connectivity index is 3.42. The highest BCUT2D eigenvalue weighted by atomic mass is 16.2. The molecule has 0 radical (unpaired) electrons. The normalized spacial score (nSPS) is 11.0. The van der Waals surface area contributed by atoms with Crippen molar-refractivity contribution in [3.63, 3.8) is 0 Å². The van der Waals surface area contributed by atoms with Crippen LogP contribution in [0, 0.1) is 0 Å². The van der Waals surface area contributed by atoms with Gasteiger partial charge in [-0.2, -0.15) is 0 Å². The largest absolute Gasteiger partial charge is 0.335 e. The van der Waals surface area contributed by atoms with Crippen molar-refractivity contribution >= 4 is 5.91 Å². The van der Waals surface area contributed by atoms with Crippen molar-refractivity contribution < 1.29 is 4.79 Å². The summed E-state index contributed by atoms with van der Waals surface area (Å²) in [6.45, 7) is 10.9. The van der Waals surface area contributed by atoms with E-state index in [1.807, 2.05) is 4.90 Å². The Hall–Kier alpha value is -1.31. The Kier molecular flexibility index (Phi) is 19.0. The number of hydrogen-bond donors (Lipinski definition) is 0. The number of amides is 1. The van der Waals surface area contributed by atoms with Crippen LogP contribution in [0.2, 0.25) is 0 Å². The number of rotatable bonds is 19. The topological polar surface area (TPSA) is 20.3 Å². The van der Waals surface area contributed by atoms with E-state index in [1.54, 1.807) is 12.2 Å². The van der Waals surface area contributed by atoms with Gasteiger partial charge >= 0.3 is 0 Å². The van der Waals surface area contributed by atoms with E-state index in [2.05, 4.69) is 32.2 Å². The molecule has 0 heterocycles. The van der Waals surface area contributed by atoms with Gasteiger partial charge in [0.15, 0.2) is 0 Å². The van der Waals surface area contributed by atoms with E-state index in [-0.39, 0.29) is 5.91 Å². The zero-order valence-corrected chi connectivity index (χ0v) is 17.4. The van der Waals surface area contributed by atoms with Crippen molar-refractivity contribution in [2.45, 2.75) is 96.8 Å². The van der Waals surface area contributed by atoms with E-state index < -0.39 is 0 Å². The van der Waals surface area contributed by atoms with E-state index in [1.165, 1.54) is 70.6 Å². The van der Waals surface area contributed by atoms with Crippen LogP contribution in [0.15, 0.2) is 37.5 Å². The monoisotopic (exact) mass is 361 g/mol. The molecule has 0 N–H and O–H groups in total. The van der Waals surface area contributed by atoms with Crippen molar-refractivity contribution in [3.05, 3.63) is 37.5 Å². The summed E-state index contributed by atoms with van der Waals surface area (Å²) in [4.78, 5) is 13.9. The van der Waals surface area contributed by atoms with Crippen molar-refractivity contribution in [3.8, 4) is 0 Å². The van der Waals surface area contributed by atoms with Gasteiger partial charge in [-0.15, -0.1) is 13.2 Å². The molecule has 0 aromatic rings. The first kappa shape index (κ1) is 24.7. The number of hydrogen-bond acceptors (Lipinski definition) is 1. The summed E-state index contributed by atoms with van der Waals surface area (Å²) in [6, 6.07) is 0. The minimum atomic E-state index is 0.224. The highest BCUT2D eigenvalue weighted by Crippen LogP contribution is 2.10. The maximum absolute atomic E-state index is 12.1. The summed E-state index contributed by atoms with van der Waals surface area (Å²) in [5.74, 6) is 0.224. The van der Waals surface area contributed by atoms with Gasteiger partial charge in [-0.1, -0.05) is 82.6 Å². The predicted molar refractivity (Wildman–Crippen MR) is 116 cm³/mol. The fourth-order valence-corrected chi connectivity index (χ4v) is 3.09. The molecule has 26 heavy (non-hydrogen) atoms. The summed E-state index contributed by atoms with van der Waals surface area (Å²) in [6.07, 6.45) is 25.6. The summed E-state index contributed by atoms with van der Waals surface area (Å²) in [7, 11) is 0. The van der Waals surface area contributed by atoms with E-state index in [0.29, 0.717) is 19.5 Å². The second kappa shape index (κ2) is 20.0. The lowest BCUT2D eigenvalue weighted by atomic mass is 10.1. The fraction of sp³-hybridized carbons (Fsp3) is 0.708. The van der Waals surface area contributed by atoms with Gasteiger partial charge in [0.25, 0.3) is 0 Å². The molecule has 0 bridgehead atoms. The molecule has 0 aliphatic heterocycles. The van der Waals surface area contributed by atoms with Crippen LogP contribution >= 0.6 is 0 Å². The van der Waals surface area contributed by atoms with Crippen molar-refractivity contribution in [2.24, 2.45) is 0 Å². The average molecular weight is 362 g/mol. The third-order valence-electron chi connectivity index (χ3n) is 4.70. The Morgan fingerprint density at radius 3 is 1.69 bits per heavy atom. The summed E-state index contributed by atoms with van der Waals surface area (Å²) in [5.41, 5.74) is 0. The molecule has 1 amide bonds. The first-order chi connectivity index (χ1) is 12.8. The predicted octanol–water partition coefficient (Wildman–Crippen LogP) is 7.22. The number of carbonyl (C=O) groups excluding carboxylic acids is 1. The fourth-order valence-electron chi connectivity index (χ4n) is 3.09. The van der Waals surface area contributed by atoms with Gasteiger partial charge in [-0.25, -0.2) is 0 Å². The summed E-state index contributed by atoms with van der Waals surface area (Å²) >= 11 is 0. The van der Waals surface area contributed by atoms with E-state index in [9.17, 15) is 4.79 Å². The van der Waals surface area contributed by atoms with E-state index >= 15 is 0 Å². The molecule has 0 unspecified atom stereocenters. The van der Waals surface area contributed by atoms with Crippen LogP contribution in [0.25, 0.3) is 0 Å². The van der Waals surface area contributed by atoms with Crippen LogP contribution < -0.4 is 0 Å². The SMILES string of the molecule is C=CCN(CC=C)C(=O)CCCCCCCC=CCCCCCCCC. The zero-order valence-electron chi connectivity index (χ0n) is 17.4. The van der Waals surface area contributed by atoms with Crippen LogP contribution in [-0.2, 0) is 4.79 Å². The Labute approximate surface area is 163 Å². The number of allylic oxidation sites excluding steroid dienone is 2. The second-order valence-corrected chi connectivity index (χ2v) is 7.21. The zero-order chi connectivity index (χ0) is 19.3. The maximum Gasteiger partial charge on any atom is 0.223 e. The summed E-state index contributed by atoms with van der Waals surface area (Å²) in [5, 5.41) is 0. The van der Waals surface area contributed by atoms with E-state index in [4.69, 9.17) is 0 Å². The highest BCUT2D eigenvalue weighted by molar-refractivity contribution is 5.76. The van der Waals surface area contributed by atoms with Crippen molar-refractivity contribution in [2.75, 3.05) is 13.1 Å².